The Hall–Kier alpha value is -3.23. The highest BCUT2D eigenvalue weighted by molar-refractivity contribution is 7.90. The molecule has 6 nitrogen and oxygen atoms in total. The zero-order chi connectivity index (χ0) is 27.4. The maximum absolute atomic E-state index is 14.8. The van der Waals surface area contributed by atoms with Crippen LogP contribution in [0.3, 0.4) is 0 Å². The van der Waals surface area contributed by atoms with Gasteiger partial charge in [-0.05, 0) is 31.0 Å². The number of rotatable bonds is 8. The van der Waals surface area contributed by atoms with Crippen molar-refractivity contribution < 1.29 is 31.1 Å². The summed E-state index contributed by atoms with van der Waals surface area (Å²) in [7, 11) is -2.01. The van der Waals surface area contributed by atoms with Gasteiger partial charge in [-0.1, -0.05) is 24.0 Å². The molecular formula is C27H27F3N2O4S2. The minimum Gasteiger partial charge on any atom is -0.495 e. The third kappa shape index (κ3) is 6.25. The zero-order valence-electron chi connectivity index (χ0n) is 20.8. The fourth-order valence-electron chi connectivity index (χ4n) is 4.36. The highest BCUT2D eigenvalue weighted by atomic mass is 32.2. The van der Waals surface area contributed by atoms with Crippen LogP contribution >= 0.6 is 11.3 Å². The summed E-state index contributed by atoms with van der Waals surface area (Å²) in [5.74, 6) is 6.23. The van der Waals surface area contributed by atoms with E-state index >= 15 is 0 Å². The number of hydrogen-bond donors (Lipinski definition) is 2. The molecule has 11 heteroatoms. The molecular weight excluding hydrogens is 537 g/mol. The van der Waals surface area contributed by atoms with Crippen LogP contribution in [0, 0.1) is 11.8 Å². The monoisotopic (exact) mass is 564 g/mol. The van der Waals surface area contributed by atoms with E-state index in [2.05, 4.69) is 22.5 Å². The van der Waals surface area contributed by atoms with E-state index < -0.39 is 22.4 Å². The molecule has 38 heavy (non-hydrogen) atoms. The van der Waals surface area contributed by atoms with Gasteiger partial charge in [-0.15, -0.1) is 11.3 Å². The van der Waals surface area contributed by atoms with E-state index in [0.29, 0.717) is 52.9 Å². The molecule has 0 radical (unpaired) electrons. The molecule has 1 aliphatic carbocycles. The van der Waals surface area contributed by atoms with Crippen LogP contribution in [0.15, 0.2) is 41.3 Å². The van der Waals surface area contributed by atoms with Crippen LogP contribution in [0.4, 0.5) is 24.5 Å². The fraction of sp³-hybridized carbons (Fsp3) is 0.370. The molecule has 4 rings (SSSR count). The van der Waals surface area contributed by atoms with Crippen LogP contribution in [0.2, 0.25) is 0 Å². The predicted octanol–water partition coefficient (Wildman–Crippen LogP) is 5.98. The summed E-state index contributed by atoms with van der Waals surface area (Å²) in [4.78, 5) is 11.9. The van der Waals surface area contributed by atoms with E-state index in [1.54, 1.807) is 18.2 Å². The summed E-state index contributed by atoms with van der Waals surface area (Å²) in [6.07, 6.45) is -2.25. The number of Topliss-reactive ketones (excluding diaryl/α,β-unsaturated/α-hetero) is 1. The van der Waals surface area contributed by atoms with E-state index in [1.165, 1.54) is 19.2 Å². The third-order valence-electron chi connectivity index (χ3n) is 6.32. The highest BCUT2D eigenvalue weighted by Gasteiger charge is 2.29. The van der Waals surface area contributed by atoms with Gasteiger partial charge in [0.1, 0.15) is 11.5 Å². The van der Waals surface area contributed by atoms with E-state index in [4.69, 9.17) is 4.74 Å². The molecule has 0 bridgehead atoms. The summed E-state index contributed by atoms with van der Waals surface area (Å²) in [5, 5.41) is 6.80. The average molecular weight is 565 g/mol. The van der Waals surface area contributed by atoms with Gasteiger partial charge in [-0.25, -0.2) is 21.6 Å². The van der Waals surface area contributed by atoms with Gasteiger partial charge in [0.05, 0.1) is 39.5 Å². The summed E-state index contributed by atoms with van der Waals surface area (Å²) in [6.45, 7) is 0.0785. The molecule has 202 valence electrons. The second-order valence-corrected chi connectivity index (χ2v) is 12.0. The Kier molecular flexibility index (Phi) is 8.53. The summed E-state index contributed by atoms with van der Waals surface area (Å²) < 4.78 is 71.2. The number of methoxy groups -OCH3 is 1. The summed E-state index contributed by atoms with van der Waals surface area (Å²) in [6, 6.07) is 9.57. The SMILES string of the molecule is COc1cc(S(C)(=O)=O)ccc1NCC#Cc1sc2c(NC3CCC(=O)CC3)cccc2c1C(F)C(F)F. The Morgan fingerprint density at radius 3 is 2.53 bits per heavy atom. The molecule has 0 spiro atoms. The Balaban J connectivity index is 1.61. The molecule has 2 aromatic carbocycles. The van der Waals surface area contributed by atoms with E-state index in [0.717, 1.165) is 17.6 Å². The molecule has 1 aromatic heterocycles. The number of thiophene rings is 1. The van der Waals surface area contributed by atoms with E-state index in [9.17, 15) is 26.4 Å². The van der Waals surface area contributed by atoms with Gasteiger partial charge in [0, 0.05) is 42.2 Å². The second kappa shape index (κ2) is 11.7. The number of nitrogens with one attached hydrogen (secondary N) is 2. The Bertz CT molecular complexity index is 1500. The number of fused-ring (bicyclic) bond motifs is 1. The Morgan fingerprint density at radius 2 is 1.87 bits per heavy atom. The lowest BCUT2D eigenvalue weighted by atomic mass is 9.94. The molecule has 3 aromatic rings. The standard InChI is InChI=1S/C27H27F3N2O4S2/c1-36-22-15-18(38(2,34)35)12-13-20(22)31-14-4-7-23-24(25(28)27(29)30)19-5-3-6-21(26(19)37-23)32-16-8-10-17(33)11-9-16/h3,5-6,12-13,15-16,25,27,31-32H,8-11,14H2,1-2H3. The normalized spacial score (nSPS) is 15.3. The van der Waals surface area contributed by atoms with Crippen molar-refractivity contribution in [1.29, 1.82) is 0 Å². The lowest BCUT2D eigenvalue weighted by Gasteiger charge is -2.23. The van der Waals surface area contributed by atoms with Crippen molar-refractivity contribution in [3.63, 3.8) is 0 Å². The van der Waals surface area contributed by atoms with Crippen molar-refractivity contribution in [3.05, 3.63) is 46.8 Å². The molecule has 0 amide bonds. The van der Waals surface area contributed by atoms with Crippen LogP contribution in [-0.4, -0.2) is 46.6 Å². The fourth-order valence-corrected chi connectivity index (χ4v) is 6.18. The van der Waals surface area contributed by atoms with Crippen molar-refractivity contribution in [2.24, 2.45) is 0 Å². The summed E-state index contributed by atoms with van der Waals surface area (Å²) in [5.41, 5.74) is 1.07. The van der Waals surface area contributed by atoms with Gasteiger partial charge in [0.25, 0.3) is 6.43 Å². The quantitative estimate of drug-likeness (QED) is 0.328. The number of sulfone groups is 1. The van der Waals surface area contributed by atoms with Crippen molar-refractivity contribution in [2.75, 3.05) is 30.5 Å². The predicted molar refractivity (Wildman–Crippen MR) is 144 cm³/mol. The first-order chi connectivity index (χ1) is 18.1. The molecule has 2 N–H and O–H groups in total. The number of ketones is 1. The molecule has 1 aliphatic rings. The Morgan fingerprint density at radius 1 is 1.13 bits per heavy atom. The highest BCUT2D eigenvalue weighted by Crippen LogP contribution is 2.42. The molecule has 0 saturated heterocycles. The molecule has 0 aliphatic heterocycles. The maximum Gasteiger partial charge on any atom is 0.273 e. The molecule has 1 atom stereocenters. The van der Waals surface area contributed by atoms with Crippen molar-refractivity contribution in [1.82, 2.24) is 0 Å². The lowest BCUT2D eigenvalue weighted by molar-refractivity contribution is -0.120. The number of anilines is 2. The van der Waals surface area contributed by atoms with Gasteiger partial charge in [-0.3, -0.25) is 4.79 Å². The first-order valence-corrected chi connectivity index (χ1v) is 14.7. The molecule has 1 heterocycles. The van der Waals surface area contributed by atoms with Crippen LogP contribution < -0.4 is 15.4 Å². The van der Waals surface area contributed by atoms with Crippen molar-refractivity contribution in [3.8, 4) is 17.6 Å². The Labute approximate surface area is 223 Å². The van der Waals surface area contributed by atoms with Gasteiger partial charge in [0.15, 0.2) is 16.0 Å². The van der Waals surface area contributed by atoms with Gasteiger partial charge in [-0.2, -0.15) is 0 Å². The van der Waals surface area contributed by atoms with Crippen LogP contribution in [0.5, 0.6) is 5.75 Å². The topological polar surface area (TPSA) is 84.5 Å². The number of carbonyl (C=O) groups excluding carboxylic acids is 1. The van der Waals surface area contributed by atoms with Crippen LogP contribution in [0.1, 0.15) is 42.3 Å². The van der Waals surface area contributed by atoms with Crippen LogP contribution in [-0.2, 0) is 14.6 Å². The van der Waals surface area contributed by atoms with E-state index in [-0.39, 0.29) is 33.7 Å². The number of benzene rings is 2. The molecule has 1 unspecified atom stereocenters. The number of carbonyl (C=O) groups is 1. The second-order valence-electron chi connectivity index (χ2n) is 9.01. The van der Waals surface area contributed by atoms with Crippen molar-refractivity contribution >= 4 is 48.4 Å². The zero-order valence-corrected chi connectivity index (χ0v) is 22.4. The van der Waals surface area contributed by atoms with Gasteiger partial charge < -0.3 is 15.4 Å². The number of ether oxygens (including phenoxy) is 1. The summed E-state index contributed by atoms with van der Waals surface area (Å²) >= 11 is 1.15. The first kappa shape index (κ1) is 27.8. The number of hydrogen-bond acceptors (Lipinski definition) is 7. The third-order valence-corrected chi connectivity index (χ3v) is 8.60. The van der Waals surface area contributed by atoms with Gasteiger partial charge >= 0.3 is 0 Å². The molecule has 1 fully saturated rings. The van der Waals surface area contributed by atoms with Crippen molar-refractivity contribution in [2.45, 2.75) is 49.2 Å². The smallest absolute Gasteiger partial charge is 0.273 e. The lowest BCUT2D eigenvalue weighted by Crippen LogP contribution is -2.25. The molecule has 1 saturated carbocycles. The minimum absolute atomic E-state index is 0.0721. The number of alkyl halides is 3. The van der Waals surface area contributed by atoms with Crippen LogP contribution in [0.25, 0.3) is 10.1 Å². The maximum atomic E-state index is 14.8. The van der Waals surface area contributed by atoms with E-state index in [1.807, 2.05) is 6.07 Å². The largest absolute Gasteiger partial charge is 0.495 e. The number of halogens is 3. The van der Waals surface area contributed by atoms with Gasteiger partial charge in [0.2, 0.25) is 0 Å². The minimum atomic E-state index is -3.41. The first-order valence-electron chi connectivity index (χ1n) is 11.9. The average Bonchev–Trinajstić information content (AvgIpc) is 3.26.